The zero-order valence-corrected chi connectivity index (χ0v) is 11.5. The fourth-order valence-corrected chi connectivity index (χ4v) is 3.01. The first-order chi connectivity index (χ1) is 9.59. The average molecular weight is 298 g/mol. The number of anilines is 1. The Morgan fingerprint density at radius 2 is 2.00 bits per heavy atom. The van der Waals surface area contributed by atoms with Crippen LogP contribution in [0.5, 0.6) is 0 Å². The number of fused-ring (bicyclic) bond motifs is 1. The Kier molecular flexibility index (Phi) is 3.38. The molecule has 1 aromatic heterocycles. The van der Waals surface area contributed by atoms with Gasteiger partial charge >= 0.3 is 0 Å². The van der Waals surface area contributed by atoms with E-state index < -0.39 is 6.43 Å². The Balaban J connectivity index is 2.24. The van der Waals surface area contributed by atoms with Gasteiger partial charge in [-0.15, -0.1) is 0 Å². The van der Waals surface area contributed by atoms with E-state index in [0.29, 0.717) is 28.4 Å². The van der Waals surface area contributed by atoms with Gasteiger partial charge < -0.3 is 5.73 Å². The van der Waals surface area contributed by atoms with E-state index in [1.807, 2.05) is 0 Å². The first-order valence-electron chi connectivity index (χ1n) is 6.52. The van der Waals surface area contributed by atoms with Gasteiger partial charge in [-0.1, -0.05) is 17.7 Å². The normalized spacial score (nSPS) is 14.6. The molecule has 0 fully saturated rings. The lowest BCUT2D eigenvalue weighted by atomic mass is 9.95. The van der Waals surface area contributed by atoms with Gasteiger partial charge in [0.1, 0.15) is 11.4 Å². The van der Waals surface area contributed by atoms with Gasteiger partial charge in [0, 0.05) is 11.3 Å². The number of para-hydroxylation sites is 1. The van der Waals surface area contributed by atoms with Crippen molar-refractivity contribution >= 4 is 17.3 Å². The van der Waals surface area contributed by atoms with E-state index in [4.69, 9.17) is 17.3 Å². The second-order valence-electron chi connectivity index (χ2n) is 4.91. The summed E-state index contributed by atoms with van der Waals surface area (Å²) in [6, 6.07) is 5.11. The van der Waals surface area contributed by atoms with Crippen LogP contribution < -0.4 is 5.73 Å². The fourth-order valence-electron chi connectivity index (χ4n) is 2.74. The summed E-state index contributed by atoms with van der Waals surface area (Å²) < 4.78 is 27.8. The van der Waals surface area contributed by atoms with Crippen LogP contribution in [0.2, 0.25) is 5.02 Å². The third-order valence-electron chi connectivity index (χ3n) is 3.65. The number of aromatic nitrogens is 2. The molecule has 0 bridgehead atoms. The van der Waals surface area contributed by atoms with Crippen molar-refractivity contribution in [1.29, 1.82) is 0 Å². The Morgan fingerprint density at radius 3 is 2.70 bits per heavy atom. The molecule has 0 atom stereocenters. The molecule has 0 spiro atoms. The van der Waals surface area contributed by atoms with E-state index in [9.17, 15) is 8.78 Å². The van der Waals surface area contributed by atoms with Crippen LogP contribution in [0.1, 0.15) is 36.2 Å². The molecule has 6 heteroatoms. The number of nitrogen functional groups attached to an aromatic ring is 1. The second-order valence-corrected chi connectivity index (χ2v) is 5.31. The minimum atomic E-state index is -2.58. The Hall–Kier alpha value is -1.62. The molecule has 20 heavy (non-hydrogen) atoms. The number of hydrogen-bond donors (Lipinski definition) is 1. The maximum Gasteiger partial charge on any atom is 0.282 e. The number of halogens is 3. The molecule has 0 amide bonds. The molecule has 2 aromatic rings. The van der Waals surface area contributed by atoms with Crippen molar-refractivity contribution in [2.75, 3.05) is 5.73 Å². The fraction of sp³-hybridized carbons (Fsp3) is 0.357. The van der Waals surface area contributed by atoms with E-state index >= 15 is 0 Å². The molecule has 2 N–H and O–H groups in total. The van der Waals surface area contributed by atoms with E-state index in [0.717, 1.165) is 25.0 Å². The minimum Gasteiger partial charge on any atom is -0.397 e. The summed E-state index contributed by atoms with van der Waals surface area (Å²) in [5.41, 5.74) is 8.21. The molecule has 106 valence electrons. The zero-order chi connectivity index (χ0) is 14.3. The first-order valence-corrected chi connectivity index (χ1v) is 6.90. The number of hydrogen-bond acceptors (Lipinski definition) is 2. The Bertz CT molecular complexity index is 632. The molecule has 0 unspecified atom stereocenters. The predicted octanol–water partition coefficient (Wildman–Crippen LogP) is 3.92. The summed E-state index contributed by atoms with van der Waals surface area (Å²) in [7, 11) is 0. The summed E-state index contributed by atoms with van der Waals surface area (Å²) in [4.78, 5) is 0. The molecule has 1 aliphatic rings. The van der Waals surface area contributed by atoms with E-state index in [-0.39, 0.29) is 5.69 Å². The molecule has 0 radical (unpaired) electrons. The Labute approximate surface area is 120 Å². The molecule has 0 aliphatic heterocycles. The quantitative estimate of drug-likeness (QED) is 0.854. The highest BCUT2D eigenvalue weighted by molar-refractivity contribution is 6.32. The van der Waals surface area contributed by atoms with Crippen LogP contribution in [0, 0.1) is 0 Å². The van der Waals surface area contributed by atoms with Crippen molar-refractivity contribution in [1.82, 2.24) is 9.78 Å². The molecular weight excluding hydrogens is 284 g/mol. The topological polar surface area (TPSA) is 43.8 Å². The molecular formula is C14H14ClF2N3. The first kappa shape index (κ1) is 13.4. The molecule has 1 aliphatic carbocycles. The van der Waals surface area contributed by atoms with Gasteiger partial charge in [-0.05, 0) is 37.8 Å². The minimum absolute atomic E-state index is 0.140. The summed E-state index contributed by atoms with van der Waals surface area (Å²) in [6.07, 6.45) is 0.660. The summed E-state index contributed by atoms with van der Waals surface area (Å²) in [5.74, 6) is 0. The number of nitrogens with two attached hydrogens (primary N) is 1. The highest BCUT2D eigenvalue weighted by Gasteiger charge is 2.27. The number of alkyl halides is 2. The van der Waals surface area contributed by atoms with Gasteiger partial charge in [-0.3, -0.25) is 0 Å². The molecule has 3 rings (SSSR count). The van der Waals surface area contributed by atoms with Crippen LogP contribution in [0.4, 0.5) is 14.5 Å². The standard InChI is InChI=1S/C14H14ClF2N3/c15-9-5-3-6-10(18)13(9)20-11-7-2-1-4-8(11)12(19-20)14(16)17/h3,5-6,14H,1-2,4,7,18H2. The van der Waals surface area contributed by atoms with Crippen LogP contribution in [0.25, 0.3) is 5.69 Å². The van der Waals surface area contributed by atoms with Gasteiger partial charge in [0.15, 0.2) is 0 Å². The van der Waals surface area contributed by atoms with Crippen LogP contribution in [0.15, 0.2) is 18.2 Å². The van der Waals surface area contributed by atoms with Crippen molar-refractivity contribution in [3.8, 4) is 5.69 Å². The molecule has 0 saturated heterocycles. The largest absolute Gasteiger partial charge is 0.397 e. The highest BCUT2D eigenvalue weighted by atomic mass is 35.5. The van der Waals surface area contributed by atoms with Crippen molar-refractivity contribution < 1.29 is 8.78 Å². The van der Waals surface area contributed by atoms with Crippen molar-refractivity contribution in [2.45, 2.75) is 32.1 Å². The van der Waals surface area contributed by atoms with Gasteiger partial charge in [-0.25, -0.2) is 13.5 Å². The lowest BCUT2D eigenvalue weighted by molar-refractivity contribution is 0.144. The van der Waals surface area contributed by atoms with Crippen LogP contribution in [-0.2, 0) is 12.8 Å². The van der Waals surface area contributed by atoms with Gasteiger partial charge in [0.25, 0.3) is 6.43 Å². The summed E-state index contributed by atoms with van der Waals surface area (Å²) in [6.45, 7) is 0. The summed E-state index contributed by atoms with van der Waals surface area (Å²) in [5, 5.41) is 4.50. The highest BCUT2D eigenvalue weighted by Crippen LogP contribution is 2.35. The average Bonchev–Trinajstić information content (AvgIpc) is 2.79. The maximum atomic E-state index is 13.1. The monoisotopic (exact) mass is 297 g/mol. The van der Waals surface area contributed by atoms with Crippen LogP contribution in [-0.4, -0.2) is 9.78 Å². The van der Waals surface area contributed by atoms with Crippen molar-refractivity contribution in [3.05, 3.63) is 40.2 Å². The SMILES string of the molecule is Nc1cccc(Cl)c1-n1nc(C(F)F)c2c1CCCC2. The van der Waals surface area contributed by atoms with Crippen molar-refractivity contribution in [2.24, 2.45) is 0 Å². The lowest BCUT2D eigenvalue weighted by Gasteiger charge is -2.16. The predicted molar refractivity (Wildman–Crippen MR) is 74.6 cm³/mol. The van der Waals surface area contributed by atoms with Crippen molar-refractivity contribution in [3.63, 3.8) is 0 Å². The zero-order valence-electron chi connectivity index (χ0n) is 10.7. The lowest BCUT2D eigenvalue weighted by Crippen LogP contribution is -2.10. The molecule has 3 nitrogen and oxygen atoms in total. The van der Waals surface area contributed by atoms with Gasteiger partial charge in [0.2, 0.25) is 0 Å². The number of benzene rings is 1. The number of rotatable bonds is 2. The van der Waals surface area contributed by atoms with Gasteiger partial charge in [-0.2, -0.15) is 5.10 Å². The second kappa shape index (κ2) is 5.05. The van der Waals surface area contributed by atoms with Gasteiger partial charge in [0.05, 0.1) is 10.7 Å². The van der Waals surface area contributed by atoms with Crippen LogP contribution in [0.3, 0.4) is 0 Å². The number of nitrogens with zero attached hydrogens (tertiary/aromatic N) is 2. The third kappa shape index (κ3) is 2.06. The molecule has 0 saturated carbocycles. The third-order valence-corrected chi connectivity index (χ3v) is 3.95. The van der Waals surface area contributed by atoms with E-state index in [1.165, 1.54) is 4.68 Å². The molecule has 1 heterocycles. The maximum absolute atomic E-state index is 13.1. The summed E-state index contributed by atoms with van der Waals surface area (Å²) >= 11 is 6.17. The Morgan fingerprint density at radius 1 is 1.25 bits per heavy atom. The molecule has 1 aromatic carbocycles. The van der Waals surface area contributed by atoms with E-state index in [2.05, 4.69) is 5.10 Å². The van der Waals surface area contributed by atoms with E-state index in [1.54, 1.807) is 18.2 Å². The smallest absolute Gasteiger partial charge is 0.282 e. The van der Waals surface area contributed by atoms with Crippen LogP contribution >= 0.6 is 11.6 Å².